The Morgan fingerprint density at radius 2 is 2.08 bits per heavy atom. The third kappa shape index (κ3) is 4.15. The highest BCUT2D eigenvalue weighted by Gasteiger charge is 2.24. The fourth-order valence-electron chi connectivity index (χ4n) is 2.12. The van der Waals surface area contributed by atoms with E-state index in [9.17, 15) is 17.6 Å². The molecule has 0 bridgehead atoms. The topological polar surface area (TPSA) is 79.4 Å². The number of hydrogen-bond donors (Lipinski definition) is 1. The van der Waals surface area contributed by atoms with Crippen LogP contribution in [0.3, 0.4) is 0 Å². The first kappa shape index (κ1) is 18.6. The number of rotatable bonds is 6. The summed E-state index contributed by atoms with van der Waals surface area (Å²) in [7, 11) is -2.35. The number of likely N-dealkylation sites (N-methyl/N-ethyl adjacent to an activating group) is 1. The molecule has 6 nitrogen and oxygen atoms in total. The number of nitrogens with one attached hydrogen (secondary N) is 1. The van der Waals surface area contributed by atoms with Gasteiger partial charge in [-0.2, -0.15) is 4.31 Å². The average molecular weight is 412 g/mol. The standard InChI is InChI=1S/C16H14FN3O3S3/c1-20(26(22,23)15-6-3-7-24-15)9-14(21)19-16-18-13(10-25-16)11-4-2-5-12(17)8-11/h2-8,10H,9H2,1H3,(H,18,19,21). The van der Waals surface area contributed by atoms with Crippen molar-refractivity contribution in [3.05, 3.63) is 53.0 Å². The van der Waals surface area contributed by atoms with Crippen LogP contribution < -0.4 is 5.32 Å². The van der Waals surface area contributed by atoms with Crippen LogP contribution in [0, 0.1) is 5.82 Å². The van der Waals surface area contributed by atoms with Gasteiger partial charge < -0.3 is 5.32 Å². The summed E-state index contributed by atoms with van der Waals surface area (Å²) in [6, 6.07) is 9.09. The van der Waals surface area contributed by atoms with E-state index < -0.39 is 15.9 Å². The summed E-state index contributed by atoms with van der Waals surface area (Å²) < 4.78 is 39.1. The molecule has 3 aromatic rings. The second-order valence-electron chi connectivity index (χ2n) is 5.29. The maximum absolute atomic E-state index is 13.3. The van der Waals surface area contributed by atoms with Gasteiger partial charge in [-0.15, -0.1) is 22.7 Å². The lowest BCUT2D eigenvalue weighted by atomic mass is 10.2. The number of anilines is 1. The zero-order valence-corrected chi connectivity index (χ0v) is 16.0. The lowest BCUT2D eigenvalue weighted by molar-refractivity contribution is -0.116. The molecule has 0 saturated carbocycles. The van der Waals surface area contributed by atoms with Crippen molar-refractivity contribution >= 4 is 43.7 Å². The van der Waals surface area contributed by atoms with Crippen molar-refractivity contribution in [1.29, 1.82) is 0 Å². The molecule has 1 amide bonds. The molecule has 0 aliphatic carbocycles. The van der Waals surface area contributed by atoms with Gasteiger partial charge in [0.05, 0.1) is 12.2 Å². The summed E-state index contributed by atoms with van der Waals surface area (Å²) in [5, 5.41) is 6.23. The molecule has 0 aliphatic heterocycles. The van der Waals surface area contributed by atoms with E-state index in [4.69, 9.17) is 0 Å². The number of carbonyl (C=O) groups excluding carboxylic acids is 1. The molecular weight excluding hydrogens is 397 g/mol. The van der Waals surface area contributed by atoms with Crippen molar-refractivity contribution in [3.63, 3.8) is 0 Å². The van der Waals surface area contributed by atoms with Crippen LogP contribution in [0.4, 0.5) is 9.52 Å². The third-order valence-corrected chi connectivity index (χ3v) is 7.33. The predicted octanol–water partition coefficient (Wildman–Crippen LogP) is 3.27. The molecule has 136 valence electrons. The van der Waals surface area contributed by atoms with Gasteiger partial charge in [0.2, 0.25) is 5.91 Å². The molecule has 0 saturated heterocycles. The Labute approximate surface area is 158 Å². The van der Waals surface area contributed by atoms with Crippen LogP contribution in [0.15, 0.2) is 51.4 Å². The van der Waals surface area contributed by atoms with Crippen LogP contribution in [0.5, 0.6) is 0 Å². The van der Waals surface area contributed by atoms with Gasteiger partial charge in [0.25, 0.3) is 10.0 Å². The molecular formula is C16H14FN3O3S3. The SMILES string of the molecule is CN(CC(=O)Nc1nc(-c2cccc(F)c2)cs1)S(=O)(=O)c1cccs1. The van der Waals surface area contributed by atoms with E-state index in [0.717, 1.165) is 15.6 Å². The molecule has 0 unspecified atom stereocenters. The molecule has 3 rings (SSSR count). The number of halogens is 1. The van der Waals surface area contributed by atoms with Gasteiger partial charge in [0, 0.05) is 18.0 Å². The van der Waals surface area contributed by atoms with Gasteiger partial charge in [-0.25, -0.2) is 17.8 Å². The van der Waals surface area contributed by atoms with Crippen molar-refractivity contribution in [2.45, 2.75) is 4.21 Å². The number of hydrogen-bond acceptors (Lipinski definition) is 6. The van der Waals surface area contributed by atoms with E-state index in [1.807, 2.05) is 0 Å². The Hall–Kier alpha value is -2.14. The Bertz CT molecular complexity index is 1020. The molecule has 10 heteroatoms. The monoisotopic (exact) mass is 411 g/mol. The van der Waals surface area contributed by atoms with E-state index >= 15 is 0 Å². The van der Waals surface area contributed by atoms with Gasteiger partial charge in [-0.05, 0) is 23.6 Å². The molecule has 1 aromatic carbocycles. The molecule has 2 heterocycles. The van der Waals surface area contributed by atoms with Crippen molar-refractivity contribution in [2.24, 2.45) is 0 Å². The Balaban J connectivity index is 1.66. The van der Waals surface area contributed by atoms with Crippen LogP contribution in [0.25, 0.3) is 11.3 Å². The molecule has 1 N–H and O–H groups in total. The number of benzene rings is 1. The fraction of sp³-hybridized carbons (Fsp3) is 0.125. The second-order valence-corrected chi connectivity index (χ2v) is 9.37. The minimum absolute atomic E-state index is 0.176. The van der Waals surface area contributed by atoms with Gasteiger partial charge >= 0.3 is 0 Å². The lowest BCUT2D eigenvalue weighted by Gasteiger charge is -2.14. The van der Waals surface area contributed by atoms with Crippen LogP contribution in [0.2, 0.25) is 0 Å². The van der Waals surface area contributed by atoms with Crippen molar-refractivity contribution in [2.75, 3.05) is 18.9 Å². The highest BCUT2D eigenvalue weighted by atomic mass is 32.2. The molecule has 0 fully saturated rings. The highest BCUT2D eigenvalue weighted by Crippen LogP contribution is 2.25. The van der Waals surface area contributed by atoms with Gasteiger partial charge in [-0.3, -0.25) is 4.79 Å². The first-order valence-electron chi connectivity index (χ1n) is 7.37. The molecule has 0 radical (unpaired) electrons. The minimum atomic E-state index is -3.69. The molecule has 26 heavy (non-hydrogen) atoms. The van der Waals surface area contributed by atoms with E-state index in [-0.39, 0.29) is 16.6 Å². The maximum atomic E-state index is 13.3. The van der Waals surface area contributed by atoms with Gasteiger partial charge in [0.15, 0.2) is 5.13 Å². The Kier molecular flexibility index (Phi) is 5.47. The molecule has 0 aliphatic rings. The number of thiophene rings is 1. The number of amides is 1. The average Bonchev–Trinajstić information content (AvgIpc) is 3.26. The summed E-state index contributed by atoms with van der Waals surface area (Å²) in [6.07, 6.45) is 0. The number of sulfonamides is 1. The number of nitrogens with zero attached hydrogens (tertiary/aromatic N) is 2. The van der Waals surface area contributed by atoms with Crippen LogP contribution >= 0.6 is 22.7 Å². The summed E-state index contributed by atoms with van der Waals surface area (Å²) >= 11 is 2.27. The van der Waals surface area contributed by atoms with E-state index in [2.05, 4.69) is 10.3 Å². The zero-order valence-electron chi connectivity index (χ0n) is 13.5. The summed E-state index contributed by atoms with van der Waals surface area (Å²) in [4.78, 5) is 16.4. The first-order chi connectivity index (χ1) is 12.4. The van der Waals surface area contributed by atoms with Crippen molar-refractivity contribution in [1.82, 2.24) is 9.29 Å². The number of thiazole rings is 1. The van der Waals surface area contributed by atoms with Crippen molar-refractivity contribution < 1.29 is 17.6 Å². The second kappa shape index (κ2) is 7.62. The minimum Gasteiger partial charge on any atom is -0.301 e. The van der Waals surface area contributed by atoms with Gasteiger partial charge in [-0.1, -0.05) is 18.2 Å². The lowest BCUT2D eigenvalue weighted by Crippen LogP contribution is -2.34. The molecule has 0 spiro atoms. The molecule has 0 atom stereocenters. The quantitative estimate of drug-likeness (QED) is 0.675. The summed E-state index contributed by atoms with van der Waals surface area (Å²) in [5.41, 5.74) is 1.13. The predicted molar refractivity (Wildman–Crippen MR) is 100 cm³/mol. The summed E-state index contributed by atoms with van der Waals surface area (Å²) in [6.45, 7) is -0.338. The van der Waals surface area contributed by atoms with Crippen LogP contribution in [-0.2, 0) is 14.8 Å². The van der Waals surface area contributed by atoms with E-state index in [0.29, 0.717) is 16.4 Å². The smallest absolute Gasteiger partial charge is 0.252 e. The Morgan fingerprint density at radius 3 is 2.77 bits per heavy atom. The summed E-state index contributed by atoms with van der Waals surface area (Å²) in [5.74, 6) is -0.880. The van der Waals surface area contributed by atoms with Crippen molar-refractivity contribution in [3.8, 4) is 11.3 Å². The molecule has 2 aromatic heterocycles. The normalized spacial score (nSPS) is 11.7. The van der Waals surface area contributed by atoms with E-state index in [1.165, 1.54) is 36.6 Å². The largest absolute Gasteiger partial charge is 0.301 e. The van der Waals surface area contributed by atoms with Crippen LogP contribution in [-0.4, -0.2) is 37.2 Å². The highest BCUT2D eigenvalue weighted by molar-refractivity contribution is 7.91. The van der Waals surface area contributed by atoms with E-state index in [1.54, 1.807) is 29.0 Å². The first-order valence-corrected chi connectivity index (χ1v) is 10.6. The third-order valence-electron chi connectivity index (χ3n) is 3.40. The van der Waals surface area contributed by atoms with Gasteiger partial charge in [0.1, 0.15) is 10.0 Å². The fourth-order valence-corrected chi connectivity index (χ4v) is 5.19. The number of aromatic nitrogens is 1. The zero-order chi connectivity index (χ0) is 18.7. The Morgan fingerprint density at radius 1 is 1.27 bits per heavy atom. The van der Waals surface area contributed by atoms with Crippen LogP contribution in [0.1, 0.15) is 0 Å². The number of carbonyl (C=O) groups is 1. The maximum Gasteiger partial charge on any atom is 0.252 e.